The highest BCUT2D eigenvalue weighted by molar-refractivity contribution is 6.02. The van der Waals surface area contributed by atoms with Gasteiger partial charge in [0.25, 0.3) is 11.4 Å². The summed E-state index contributed by atoms with van der Waals surface area (Å²) in [5.74, 6) is -1.48. The van der Waals surface area contributed by atoms with E-state index in [4.69, 9.17) is 4.74 Å². The third-order valence-electron chi connectivity index (χ3n) is 4.22. The summed E-state index contributed by atoms with van der Waals surface area (Å²) >= 11 is 0. The van der Waals surface area contributed by atoms with Crippen LogP contribution in [0.2, 0.25) is 0 Å². The van der Waals surface area contributed by atoms with E-state index in [1.54, 1.807) is 30.3 Å². The average molecular weight is 406 g/mol. The molecule has 0 spiro atoms. The molecule has 30 heavy (non-hydrogen) atoms. The molecule has 0 unspecified atom stereocenters. The van der Waals surface area contributed by atoms with Gasteiger partial charge in [-0.1, -0.05) is 36.4 Å². The van der Waals surface area contributed by atoms with E-state index in [0.717, 1.165) is 6.07 Å². The molecular formula is C21H14N2O7. The summed E-state index contributed by atoms with van der Waals surface area (Å²) in [5.41, 5.74) is -0.0849. The molecule has 0 aliphatic heterocycles. The minimum atomic E-state index is -1.39. The molecule has 3 aromatic rings. The number of benzene rings is 3. The molecule has 0 saturated heterocycles. The first-order chi connectivity index (χ1) is 14.4. The first kappa shape index (κ1) is 20.3. The maximum Gasteiger partial charge on any atom is 0.339 e. The molecule has 0 bridgehead atoms. The smallest absolute Gasteiger partial charge is 0.339 e. The van der Waals surface area contributed by atoms with Gasteiger partial charge in [0.15, 0.2) is 6.10 Å². The van der Waals surface area contributed by atoms with Gasteiger partial charge >= 0.3 is 5.97 Å². The van der Waals surface area contributed by atoms with Crippen LogP contribution in [0.5, 0.6) is 0 Å². The Hall–Kier alpha value is -4.40. The fourth-order valence-electron chi connectivity index (χ4n) is 2.72. The molecule has 0 aromatic heterocycles. The van der Waals surface area contributed by atoms with Gasteiger partial charge in [0, 0.05) is 35.4 Å². The second kappa shape index (κ2) is 8.74. The van der Waals surface area contributed by atoms with Gasteiger partial charge < -0.3 is 4.74 Å². The van der Waals surface area contributed by atoms with Crippen molar-refractivity contribution in [1.29, 1.82) is 0 Å². The van der Waals surface area contributed by atoms with Crippen molar-refractivity contribution < 1.29 is 24.2 Å². The Morgan fingerprint density at radius 1 is 0.733 bits per heavy atom. The Morgan fingerprint density at radius 3 is 1.93 bits per heavy atom. The Balaban J connectivity index is 1.96. The number of ether oxygens (including phenoxy) is 1. The van der Waals surface area contributed by atoms with Crippen LogP contribution in [0.4, 0.5) is 11.4 Å². The first-order valence-corrected chi connectivity index (χ1v) is 8.66. The molecule has 3 rings (SSSR count). The van der Waals surface area contributed by atoms with Crippen LogP contribution in [-0.2, 0) is 4.74 Å². The predicted octanol–water partition coefficient (Wildman–Crippen LogP) is 4.28. The van der Waals surface area contributed by atoms with Gasteiger partial charge in [-0.15, -0.1) is 0 Å². The van der Waals surface area contributed by atoms with Crippen LogP contribution in [0.1, 0.15) is 32.4 Å². The minimum absolute atomic E-state index is 0.100. The summed E-state index contributed by atoms with van der Waals surface area (Å²) in [6, 6.07) is 18.0. The molecule has 0 fully saturated rings. The lowest BCUT2D eigenvalue weighted by molar-refractivity contribution is -0.385. The molecule has 1 atom stereocenters. The van der Waals surface area contributed by atoms with E-state index in [-0.39, 0.29) is 28.1 Å². The standard InChI is InChI=1S/C21H14N2O7/c24-19(14-5-2-1-3-6-14)20(15-9-11-17(12-10-15)22(26)27)30-21(25)16-7-4-8-18(13-16)23(28)29/h1-13,20H/t20-/m1/s1. The van der Waals surface area contributed by atoms with Gasteiger partial charge in [-0.3, -0.25) is 25.0 Å². The van der Waals surface area contributed by atoms with Gasteiger partial charge in [0.1, 0.15) is 0 Å². The number of ketones is 1. The number of Topliss-reactive ketones (excluding diaryl/α,β-unsaturated/α-hetero) is 1. The normalized spacial score (nSPS) is 11.3. The van der Waals surface area contributed by atoms with Crippen molar-refractivity contribution in [3.63, 3.8) is 0 Å². The van der Waals surface area contributed by atoms with Gasteiger partial charge in [-0.2, -0.15) is 0 Å². The second-order valence-electron chi connectivity index (χ2n) is 6.17. The molecule has 9 heteroatoms. The van der Waals surface area contributed by atoms with Gasteiger partial charge in [0.2, 0.25) is 5.78 Å². The third kappa shape index (κ3) is 4.53. The highest BCUT2D eigenvalue weighted by Gasteiger charge is 2.28. The number of nitro groups is 2. The molecule has 0 heterocycles. The largest absolute Gasteiger partial charge is 0.445 e. The Kier molecular flexibility index (Phi) is 5.92. The van der Waals surface area contributed by atoms with Crippen LogP contribution in [0.15, 0.2) is 78.9 Å². The van der Waals surface area contributed by atoms with Crippen LogP contribution < -0.4 is 0 Å². The lowest BCUT2D eigenvalue weighted by Crippen LogP contribution is -2.20. The minimum Gasteiger partial charge on any atom is -0.445 e. The lowest BCUT2D eigenvalue weighted by atomic mass is 9.99. The van der Waals surface area contributed by atoms with Crippen molar-refractivity contribution in [3.05, 3.63) is 116 Å². The van der Waals surface area contributed by atoms with E-state index in [1.807, 2.05) is 0 Å². The quantitative estimate of drug-likeness (QED) is 0.248. The topological polar surface area (TPSA) is 130 Å². The molecule has 0 N–H and O–H groups in total. The number of rotatable bonds is 7. The molecule has 3 aromatic carbocycles. The zero-order valence-corrected chi connectivity index (χ0v) is 15.3. The van der Waals surface area contributed by atoms with E-state index in [2.05, 4.69) is 0 Å². The Bertz CT molecular complexity index is 1110. The monoisotopic (exact) mass is 406 g/mol. The molecule has 0 saturated carbocycles. The molecule has 0 aliphatic rings. The summed E-state index contributed by atoms with van der Waals surface area (Å²) in [5, 5.41) is 21.8. The molecule has 0 amide bonds. The maximum absolute atomic E-state index is 13.0. The van der Waals surface area contributed by atoms with E-state index in [1.165, 1.54) is 42.5 Å². The van der Waals surface area contributed by atoms with Crippen molar-refractivity contribution in [2.75, 3.05) is 0 Å². The molecule has 0 radical (unpaired) electrons. The molecule has 150 valence electrons. The summed E-state index contributed by atoms with van der Waals surface area (Å²) in [4.78, 5) is 46.2. The van der Waals surface area contributed by atoms with Gasteiger partial charge in [-0.05, 0) is 18.2 Å². The van der Waals surface area contributed by atoms with Crippen LogP contribution in [0, 0.1) is 20.2 Å². The number of nitro benzene ring substituents is 2. The number of hydrogen-bond donors (Lipinski definition) is 0. The van der Waals surface area contributed by atoms with E-state index in [0.29, 0.717) is 0 Å². The zero-order chi connectivity index (χ0) is 21.7. The average Bonchev–Trinajstić information content (AvgIpc) is 2.77. The van der Waals surface area contributed by atoms with Gasteiger partial charge in [0.05, 0.1) is 15.4 Å². The highest BCUT2D eigenvalue weighted by atomic mass is 16.6. The molecule has 0 aliphatic carbocycles. The Labute approximate surface area is 169 Å². The van der Waals surface area contributed by atoms with E-state index in [9.17, 15) is 29.8 Å². The van der Waals surface area contributed by atoms with E-state index < -0.39 is 27.7 Å². The number of carbonyl (C=O) groups is 2. The fourth-order valence-corrected chi connectivity index (χ4v) is 2.72. The number of non-ortho nitro benzene ring substituents is 2. The van der Waals surface area contributed by atoms with Crippen LogP contribution in [0.3, 0.4) is 0 Å². The summed E-state index contributed by atoms with van der Waals surface area (Å²) in [6.07, 6.45) is -1.39. The fraction of sp³-hybridized carbons (Fsp3) is 0.0476. The Morgan fingerprint density at radius 2 is 1.33 bits per heavy atom. The van der Waals surface area contributed by atoms with Crippen molar-refractivity contribution in [2.24, 2.45) is 0 Å². The number of carbonyl (C=O) groups excluding carboxylic acids is 2. The van der Waals surface area contributed by atoms with Gasteiger partial charge in [-0.25, -0.2) is 4.79 Å². The van der Waals surface area contributed by atoms with Crippen molar-refractivity contribution in [3.8, 4) is 0 Å². The highest BCUT2D eigenvalue weighted by Crippen LogP contribution is 2.26. The number of nitrogens with zero attached hydrogens (tertiary/aromatic N) is 2. The number of esters is 1. The number of hydrogen-bond acceptors (Lipinski definition) is 7. The first-order valence-electron chi connectivity index (χ1n) is 8.66. The lowest BCUT2D eigenvalue weighted by Gasteiger charge is -2.17. The second-order valence-corrected chi connectivity index (χ2v) is 6.17. The summed E-state index contributed by atoms with van der Waals surface area (Å²) < 4.78 is 5.39. The van der Waals surface area contributed by atoms with E-state index >= 15 is 0 Å². The van der Waals surface area contributed by atoms with Crippen LogP contribution in [0.25, 0.3) is 0 Å². The summed E-state index contributed by atoms with van der Waals surface area (Å²) in [6.45, 7) is 0. The predicted molar refractivity (Wildman–Crippen MR) is 105 cm³/mol. The van der Waals surface area contributed by atoms with Crippen molar-refractivity contribution in [1.82, 2.24) is 0 Å². The van der Waals surface area contributed by atoms with Crippen LogP contribution >= 0.6 is 0 Å². The maximum atomic E-state index is 13.0. The SMILES string of the molecule is O=C(O[C@@H](C(=O)c1ccccc1)c1ccc([N+](=O)[O-])cc1)c1cccc([N+](=O)[O-])c1. The summed E-state index contributed by atoms with van der Waals surface area (Å²) in [7, 11) is 0. The van der Waals surface area contributed by atoms with Crippen LogP contribution in [-0.4, -0.2) is 21.6 Å². The zero-order valence-electron chi connectivity index (χ0n) is 15.3. The van der Waals surface area contributed by atoms with Crippen molar-refractivity contribution in [2.45, 2.75) is 6.10 Å². The van der Waals surface area contributed by atoms with Crippen molar-refractivity contribution >= 4 is 23.1 Å². The molecule has 9 nitrogen and oxygen atoms in total. The third-order valence-corrected chi connectivity index (χ3v) is 4.22. The molecular weight excluding hydrogens is 392 g/mol.